The summed E-state index contributed by atoms with van der Waals surface area (Å²) in [4.78, 5) is 11.0. The molecule has 0 aliphatic carbocycles. The molecule has 1 N–H and O–H groups in total. The summed E-state index contributed by atoms with van der Waals surface area (Å²) in [7, 11) is 0. The van der Waals surface area contributed by atoms with Crippen LogP contribution in [0.2, 0.25) is 0 Å². The van der Waals surface area contributed by atoms with E-state index in [0.717, 1.165) is 34.9 Å². The van der Waals surface area contributed by atoms with E-state index in [9.17, 15) is 0 Å². The van der Waals surface area contributed by atoms with Crippen LogP contribution in [0, 0.1) is 6.92 Å². The molecule has 0 radical (unpaired) electrons. The van der Waals surface area contributed by atoms with E-state index >= 15 is 0 Å². The first-order valence-corrected chi connectivity index (χ1v) is 7.62. The summed E-state index contributed by atoms with van der Waals surface area (Å²) in [5.74, 6) is 1.85. The average Bonchev–Trinajstić information content (AvgIpc) is 2.96. The van der Waals surface area contributed by atoms with Gasteiger partial charge in [0.1, 0.15) is 18.0 Å². The molecule has 1 aromatic heterocycles. The van der Waals surface area contributed by atoms with Crippen LogP contribution in [0.15, 0.2) is 35.1 Å². The summed E-state index contributed by atoms with van der Waals surface area (Å²) < 4.78 is 1.08. The summed E-state index contributed by atoms with van der Waals surface area (Å²) >= 11 is 3.48. The molecule has 2 aromatic rings. The molecule has 0 bridgehead atoms. The van der Waals surface area contributed by atoms with Gasteiger partial charge in [-0.15, -0.1) is 0 Å². The molecule has 1 saturated heterocycles. The number of benzene rings is 1. The zero-order valence-electron chi connectivity index (χ0n) is 11.4. The van der Waals surface area contributed by atoms with Crippen molar-refractivity contribution in [1.82, 2.24) is 9.97 Å². The summed E-state index contributed by atoms with van der Waals surface area (Å²) in [6.45, 7) is 4.26. The van der Waals surface area contributed by atoms with Crippen molar-refractivity contribution in [1.29, 1.82) is 0 Å². The van der Waals surface area contributed by atoms with Gasteiger partial charge in [0.2, 0.25) is 0 Å². The minimum atomic E-state index is 0.840. The molecule has 0 amide bonds. The van der Waals surface area contributed by atoms with Gasteiger partial charge >= 0.3 is 0 Å². The Hall–Kier alpha value is -1.62. The largest absolute Gasteiger partial charge is 0.356 e. The topological polar surface area (TPSA) is 41.0 Å². The lowest BCUT2D eigenvalue weighted by molar-refractivity contribution is 0.928. The van der Waals surface area contributed by atoms with E-state index < -0.39 is 0 Å². The Bertz CT molecular complexity index is 609. The number of aromatic nitrogens is 2. The van der Waals surface area contributed by atoms with Crippen molar-refractivity contribution in [2.75, 3.05) is 23.3 Å². The fourth-order valence-electron chi connectivity index (χ4n) is 2.44. The standard InChI is InChI=1S/C15H17BrN4/c1-11-8-12(16)4-5-13(11)19-14-9-15(18-10-17-14)20-6-2-3-7-20/h4-5,8-10H,2-3,6-7H2,1H3,(H,17,18,19). The van der Waals surface area contributed by atoms with Gasteiger partial charge in [-0.1, -0.05) is 15.9 Å². The van der Waals surface area contributed by atoms with E-state index in [-0.39, 0.29) is 0 Å². The molecular weight excluding hydrogens is 316 g/mol. The van der Waals surface area contributed by atoms with Crippen molar-refractivity contribution in [3.05, 3.63) is 40.6 Å². The van der Waals surface area contributed by atoms with Crippen LogP contribution in [0.5, 0.6) is 0 Å². The average molecular weight is 333 g/mol. The fourth-order valence-corrected chi connectivity index (χ4v) is 2.92. The molecule has 20 heavy (non-hydrogen) atoms. The number of nitrogens with one attached hydrogen (secondary N) is 1. The lowest BCUT2D eigenvalue weighted by Gasteiger charge is -2.17. The maximum Gasteiger partial charge on any atom is 0.135 e. The van der Waals surface area contributed by atoms with E-state index in [4.69, 9.17) is 0 Å². The van der Waals surface area contributed by atoms with Gasteiger partial charge in [-0.3, -0.25) is 0 Å². The summed E-state index contributed by atoms with van der Waals surface area (Å²) in [5, 5.41) is 3.36. The molecule has 5 heteroatoms. The highest BCUT2D eigenvalue weighted by Crippen LogP contribution is 2.25. The molecule has 1 aliphatic rings. The molecule has 0 spiro atoms. The number of nitrogens with zero attached hydrogens (tertiary/aromatic N) is 3. The second-order valence-electron chi connectivity index (χ2n) is 5.04. The highest BCUT2D eigenvalue weighted by molar-refractivity contribution is 9.10. The van der Waals surface area contributed by atoms with Crippen molar-refractivity contribution >= 4 is 33.3 Å². The van der Waals surface area contributed by atoms with Gasteiger partial charge in [0.05, 0.1) is 0 Å². The SMILES string of the molecule is Cc1cc(Br)ccc1Nc1cc(N2CCCC2)ncn1. The van der Waals surface area contributed by atoms with E-state index in [1.807, 2.05) is 12.1 Å². The zero-order valence-corrected chi connectivity index (χ0v) is 13.0. The Morgan fingerprint density at radius 1 is 1.15 bits per heavy atom. The molecule has 1 fully saturated rings. The summed E-state index contributed by atoms with van der Waals surface area (Å²) in [5.41, 5.74) is 2.25. The Labute approximate surface area is 127 Å². The second kappa shape index (κ2) is 5.79. The first-order valence-electron chi connectivity index (χ1n) is 6.82. The van der Waals surface area contributed by atoms with E-state index in [1.54, 1.807) is 6.33 Å². The van der Waals surface area contributed by atoms with Crippen LogP contribution in [0.3, 0.4) is 0 Å². The van der Waals surface area contributed by atoms with E-state index in [0.29, 0.717) is 0 Å². The third-order valence-corrected chi connectivity index (χ3v) is 4.03. The van der Waals surface area contributed by atoms with Gasteiger partial charge in [-0.2, -0.15) is 0 Å². The molecule has 1 aromatic carbocycles. The van der Waals surface area contributed by atoms with Gasteiger partial charge < -0.3 is 10.2 Å². The maximum atomic E-state index is 4.37. The van der Waals surface area contributed by atoms with Crippen LogP contribution in [0.4, 0.5) is 17.3 Å². The van der Waals surface area contributed by atoms with E-state index in [2.05, 4.69) is 55.2 Å². The Morgan fingerprint density at radius 3 is 2.70 bits per heavy atom. The zero-order chi connectivity index (χ0) is 13.9. The minimum absolute atomic E-state index is 0.840. The molecular formula is C15H17BrN4. The van der Waals surface area contributed by atoms with Gasteiger partial charge in [0, 0.05) is 29.3 Å². The highest BCUT2D eigenvalue weighted by atomic mass is 79.9. The van der Waals surface area contributed by atoms with Crippen LogP contribution >= 0.6 is 15.9 Å². The Balaban J connectivity index is 1.81. The number of aryl methyl sites for hydroxylation is 1. The lowest BCUT2D eigenvalue weighted by atomic mass is 10.2. The number of hydrogen-bond acceptors (Lipinski definition) is 4. The van der Waals surface area contributed by atoms with Crippen LogP contribution in [-0.2, 0) is 0 Å². The molecule has 2 heterocycles. The molecule has 0 saturated carbocycles. The fraction of sp³-hybridized carbons (Fsp3) is 0.333. The normalized spacial score (nSPS) is 14.6. The van der Waals surface area contributed by atoms with Gasteiger partial charge in [0.15, 0.2) is 0 Å². The molecule has 1 aliphatic heterocycles. The maximum absolute atomic E-state index is 4.37. The van der Waals surface area contributed by atoms with Crippen molar-refractivity contribution < 1.29 is 0 Å². The quantitative estimate of drug-likeness (QED) is 0.925. The Kier molecular flexibility index (Phi) is 3.87. The van der Waals surface area contributed by atoms with Crippen LogP contribution in [0.25, 0.3) is 0 Å². The third-order valence-electron chi connectivity index (χ3n) is 3.53. The number of halogens is 1. The van der Waals surface area contributed by atoms with Crippen molar-refractivity contribution in [2.24, 2.45) is 0 Å². The van der Waals surface area contributed by atoms with Crippen molar-refractivity contribution in [3.63, 3.8) is 0 Å². The summed E-state index contributed by atoms with van der Waals surface area (Å²) in [6.07, 6.45) is 4.13. The van der Waals surface area contributed by atoms with Gasteiger partial charge in [-0.25, -0.2) is 9.97 Å². The smallest absolute Gasteiger partial charge is 0.135 e. The second-order valence-corrected chi connectivity index (χ2v) is 5.96. The Morgan fingerprint density at radius 2 is 1.95 bits per heavy atom. The van der Waals surface area contributed by atoms with Crippen LogP contribution in [-0.4, -0.2) is 23.1 Å². The molecule has 4 nitrogen and oxygen atoms in total. The first kappa shape index (κ1) is 13.4. The highest BCUT2D eigenvalue weighted by Gasteiger charge is 2.14. The number of anilines is 3. The minimum Gasteiger partial charge on any atom is -0.356 e. The van der Waals surface area contributed by atoms with Gasteiger partial charge in [-0.05, 0) is 43.5 Å². The number of rotatable bonds is 3. The molecule has 0 unspecified atom stereocenters. The summed E-state index contributed by atoms with van der Waals surface area (Å²) in [6, 6.07) is 8.19. The predicted molar refractivity (Wildman–Crippen MR) is 85.6 cm³/mol. The monoisotopic (exact) mass is 332 g/mol. The number of hydrogen-bond donors (Lipinski definition) is 1. The predicted octanol–water partition coefficient (Wildman–Crippen LogP) is 3.89. The van der Waals surface area contributed by atoms with Crippen LogP contribution in [0.1, 0.15) is 18.4 Å². The molecule has 0 atom stereocenters. The van der Waals surface area contributed by atoms with Crippen molar-refractivity contribution in [2.45, 2.75) is 19.8 Å². The van der Waals surface area contributed by atoms with Gasteiger partial charge in [0.25, 0.3) is 0 Å². The third kappa shape index (κ3) is 2.93. The van der Waals surface area contributed by atoms with E-state index in [1.165, 1.54) is 18.4 Å². The lowest BCUT2D eigenvalue weighted by Crippen LogP contribution is -2.19. The van der Waals surface area contributed by atoms with Crippen LogP contribution < -0.4 is 10.2 Å². The molecule has 104 valence electrons. The molecule has 3 rings (SSSR count). The first-order chi connectivity index (χ1) is 9.72. The van der Waals surface area contributed by atoms with Crippen molar-refractivity contribution in [3.8, 4) is 0 Å².